The number of hydrogen-bond acceptors (Lipinski definition) is 8. The molecule has 0 saturated heterocycles. The SMILES string of the molecule is COC1(C(=O)N[C@@H](C)c2ccc(-n3cc(F)cn3)nc2)CCC(c2nc(Nc3cc(C)[nH]n3)cc3c2C(=O)NCC3)CC1. The van der Waals surface area contributed by atoms with Crippen LogP contribution in [0.2, 0.25) is 0 Å². The smallest absolute Gasteiger partial charge is 0.253 e. The van der Waals surface area contributed by atoms with E-state index in [1.54, 1.807) is 19.4 Å². The van der Waals surface area contributed by atoms with Crippen molar-refractivity contribution in [3.05, 3.63) is 76.8 Å². The first-order valence-corrected chi connectivity index (χ1v) is 14.4. The second-order valence-electron chi connectivity index (χ2n) is 11.2. The van der Waals surface area contributed by atoms with Gasteiger partial charge in [-0.2, -0.15) is 10.2 Å². The van der Waals surface area contributed by atoms with Crippen molar-refractivity contribution < 1.29 is 18.7 Å². The van der Waals surface area contributed by atoms with Gasteiger partial charge in [0.1, 0.15) is 11.4 Å². The third-order valence-corrected chi connectivity index (χ3v) is 8.39. The number of H-pyrrole nitrogens is 1. The topological polar surface area (TPSA) is 152 Å². The number of ether oxygens (including phenoxy) is 1. The van der Waals surface area contributed by atoms with Crippen LogP contribution in [-0.2, 0) is 16.0 Å². The van der Waals surface area contributed by atoms with Crippen molar-refractivity contribution in [2.75, 3.05) is 19.0 Å². The number of rotatable bonds is 8. The van der Waals surface area contributed by atoms with E-state index >= 15 is 0 Å². The molecule has 12 nitrogen and oxygen atoms in total. The molecule has 0 unspecified atom stereocenters. The average Bonchev–Trinajstić information content (AvgIpc) is 3.64. The summed E-state index contributed by atoms with van der Waals surface area (Å²) < 4.78 is 20.6. The molecule has 6 rings (SSSR count). The van der Waals surface area contributed by atoms with Gasteiger partial charge in [-0.3, -0.25) is 14.7 Å². The third-order valence-electron chi connectivity index (χ3n) is 8.39. The van der Waals surface area contributed by atoms with Crippen LogP contribution in [0.1, 0.15) is 77.4 Å². The van der Waals surface area contributed by atoms with Crippen LogP contribution in [0.25, 0.3) is 5.82 Å². The lowest BCUT2D eigenvalue weighted by Gasteiger charge is -2.39. The second-order valence-corrected chi connectivity index (χ2v) is 11.2. The molecule has 4 aromatic heterocycles. The number of aryl methyl sites for hydroxylation is 1. The Morgan fingerprint density at radius 1 is 1.21 bits per heavy atom. The molecule has 224 valence electrons. The number of aromatic amines is 1. The quantitative estimate of drug-likeness (QED) is 0.243. The van der Waals surface area contributed by atoms with Crippen LogP contribution >= 0.6 is 0 Å². The minimum atomic E-state index is -1.00. The number of halogens is 1. The van der Waals surface area contributed by atoms with E-state index in [-0.39, 0.29) is 23.8 Å². The maximum absolute atomic E-state index is 13.6. The molecule has 0 radical (unpaired) electrons. The predicted octanol–water partition coefficient (Wildman–Crippen LogP) is 3.78. The molecule has 0 aromatic carbocycles. The Kier molecular flexibility index (Phi) is 7.65. The Bertz CT molecular complexity index is 1640. The lowest BCUT2D eigenvalue weighted by molar-refractivity contribution is -0.148. The highest BCUT2D eigenvalue weighted by Crippen LogP contribution is 2.42. The highest BCUT2D eigenvalue weighted by molar-refractivity contribution is 5.98. The fourth-order valence-electron chi connectivity index (χ4n) is 5.96. The molecule has 1 atom stereocenters. The van der Waals surface area contributed by atoms with Gasteiger partial charge in [0.2, 0.25) is 0 Å². The maximum Gasteiger partial charge on any atom is 0.253 e. The van der Waals surface area contributed by atoms with Gasteiger partial charge in [-0.1, -0.05) is 6.07 Å². The molecule has 1 aliphatic carbocycles. The first-order valence-electron chi connectivity index (χ1n) is 14.4. The molecule has 13 heteroatoms. The molecule has 5 heterocycles. The summed E-state index contributed by atoms with van der Waals surface area (Å²) in [7, 11) is 1.56. The maximum atomic E-state index is 13.6. The van der Waals surface area contributed by atoms with Crippen LogP contribution in [0.5, 0.6) is 0 Å². The first kappa shape index (κ1) is 28.5. The minimum absolute atomic E-state index is 0.0161. The highest BCUT2D eigenvalue weighted by atomic mass is 19.1. The lowest BCUT2D eigenvalue weighted by atomic mass is 9.75. The summed E-state index contributed by atoms with van der Waals surface area (Å²) in [5, 5.41) is 20.4. The molecule has 0 spiro atoms. The van der Waals surface area contributed by atoms with Crippen molar-refractivity contribution in [2.24, 2.45) is 0 Å². The Hall–Kier alpha value is -4.65. The van der Waals surface area contributed by atoms with E-state index in [1.807, 2.05) is 32.0 Å². The van der Waals surface area contributed by atoms with Gasteiger partial charge in [0.15, 0.2) is 17.5 Å². The van der Waals surface area contributed by atoms with Gasteiger partial charge in [0.25, 0.3) is 11.8 Å². The van der Waals surface area contributed by atoms with Crippen molar-refractivity contribution in [2.45, 2.75) is 63.5 Å². The van der Waals surface area contributed by atoms with Gasteiger partial charge >= 0.3 is 0 Å². The van der Waals surface area contributed by atoms with Crippen LogP contribution < -0.4 is 16.0 Å². The van der Waals surface area contributed by atoms with E-state index < -0.39 is 11.4 Å². The molecule has 4 aromatic rings. The lowest BCUT2D eigenvalue weighted by Crippen LogP contribution is -2.51. The van der Waals surface area contributed by atoms with Gasteiger partial charge in [0, 0.05) is 37.5 Å². The van der Waals surface area contributed by atoms with Crippen LogP contribution in [-0.4, -0.2) is 61.0 Å². The number of carbonyl (C=O) groups excluding carboxylic acids is 2. The van der Waals surface area contributed by atoms with Crippen molar-refractivity contribution in [3.8, 4) is 5.82 Å². The molecule has 1 fully saturated rings. The van der Waals surface area contributed by atoms with Gasteiger partial charge in [-0.15, -0.1) is 0 Å². The van der Waals surface area contributed by atoms with Crippen molar-refractivity contribution in [1.82, 2.24) is 40.6 Å². The largest absolute Gasteiger partial charge is 0.368 e. The zero-order chi connectivity index (χ0) is 30.1. The minimum Gasteiger partial charge on any atom is -0.368 e. The number of methoxy groups -OCH3 is 1. The predicted molar refractivity (Wildman–Crippen MR) is 156 cm³/mol. The van der Waals surface area contributed by atoms with Crippen molar-refractivity contribution in [1.29, 1.82) is 0 Å². The van der Waals surface area contributed by atoms with Gasteiger partial charge in [-0.05, 0) is 69.2 Å². The molecule has 1 aliphatic heterocycles. The molecule has 0 bridgehead atoms. The Balaban J connectivity index is 1.16. The highest BCUT2D eigenvalue weighted by Gasteiger charge is 2.44. The van der Waals surface area contributed by atoms with Crippen LogP contribution in [0.3, 0.4) is 0 Å². The fourth-order valence-corrected chi connectivity index (χ4v) is 5.96. The van der Waals surface area contributed by atoms with E-state index in [2.05, 4.69) is 36.2 Å². The standard InChI is InChI=1S/C30H34FN9O3/c1-17-12-24(39-38-17)36-23-13-20-8-11-32-28(41)26(20)27(37-23)19-6-9-30(43-3,10-7-19)29(42)35-18(2)21-4-5-25(33-14-21)40-16-22(31)15-34-40/h4-5,12-16,18-19H,6-11H2,1-3H3,(H,32,41)(H,35,42)(H2,36,37,38,39)/t18-,19?,30?/m0/s1. The normalized spacial score (nSPS) is 20.7. The molecular weight excluding hydrogens is 553 g/mol. The van der Waals surface area contributed by atoms with E-state index in [0.717, 1.165) is 28.7 Å². The summed E-state index contributed by atoms with van der Waals surface area (Å²) in [5.74, 6) is 0.998. The average molecular weight is 588 g/mol. The number of nitrogens with one attached hydrogen (secondary N) is 4. The molecule has 2 amide bonds. The molecule has 4 N–H and O–H groups in total. The van der Waals surface area contributed by atoms with Crippen molar-refractivity contribution >= 4 is 23.5 Å². The van der Waals surface area contributed by atoms with Gasteiger partial charge < -0.3 is 20.7 Å². The third kappa shape index (κ3) is 5.72. The van der Waals surface area contributed by atoms with E-state index in [9.17, 15) is 14.0 Å². The number of fused-ring (bicyclic) bond motifs is 1. The molecule has 43 heavy (non-hydrogen) atoms. The van der Waals surface area contributed by atoms with Gasteiger partial charge in [-0.25, -0.2) is 19.0 Å². The summed E-state index contributed by atoms with van der Waals surface area (Å²) in [6.45, 7) is 4.38. The molecular formula is C30H34FN9O3. The Morgan fingerprint density at radius 3 is 2.67 bits per heavy atom. The number of aromatic nitrogens is 6. The molecule has 1 saturated carbocycles. The summed E-state index contributed by atoms with van der Waals surface area (Å²) in [6.07, 6.45) is 6.93. The Morgan fingerprint density at radius 2 is 2.02 bits per heavy atom. The van der Waals surface area contributed by atoms with E-state index in [1.165, 1.54) is 10.9 Å². The Labute approximate surface area is 247 Å². The first-order chi connectivity index (χ1) is 20.7. The number of carbonyl (C=O) groups is 2. The monoisotopic (exact) mass is 587 g/mol. The van der Waals surface area contributed by atoms with Gasteiger partial charge in [0.05, 0.1) is 29.7 Å². The summed E-state index contributed by atoms with van der Waals surface area (Å²) in [6, 6.07) is 7.04. The zero-order valence-electron chi connectivity index (χ0n) is 24.3. The number of pyridine rings is 2. The summed E-state index contributed by atoms with van der Waals surface area (Å²) in [4.78, 5) is 35.8. The zero-order valence-corrected chi connectivity index (χ0v) is 24.3. The van der Waals surface area contributed by atoms with E-state index in [0.29, 0.717) is 61.7 Å². The number of hydrogen-bond donors (Lipinski definition) is 4. The number of nitrogens with zero attached hydrogens (tertiary/aromatic N) is 5. The van der Waals surface area contributed by atoms with E-state index in [4.69, 9.17) is 9.72 Å². The summed E-state index contributed by atoms with van der Waals surface area (Å²) >= 11 is 0. The van der Waals surface area contributed by atoms with Crippen LogP contribution in [0.15, 0.2) is 42.9 Å². The number of anilines is 2. The fraction of sp³-hybridized carbons (Fsp3) is 0.400. The number of amides is 2. The molecule has 2 aliphatic rings. The van der Waals surface area contributed by atoms with Crippen LogP contribution in [0, 0.1) is 12.7 Å². The second kappa shape index (κ2) is 11.6. The summed E-state index contributed by atoms with van der Waals surface area (Å²) in [5.41, 5.74) is 3.05. The van der Waals surface area contributed by atoms with Crippen molar-refractivity contribution in [3.63, 3.8) is 0 Å². The van der Waals surface area contributed by atoms with Crippen LogP contribution in [0.4, 0.5) is 16.0 Å².